The number of ether oxygens (including phenoxy) is 1. The summed E-state index contributed by atoms with van der Waals surface area (Å²) in [4.78, 5) is 22.9. The first-order valence-corrected chi connectivity index (χ1v) is 5.78. The predicted octanol–water partition coefficient (Wildman–Crippen LogP) is 1.98. The maximum Gasteiger partial charge on any atom is 0.407 e. The molecule has 1 rings (SSSR count). The highest BCUT2D eigenvalue weighted by Gasteiger charge is 2.39. The van der Waals surface area contributed by atoms with Gasteiger partial charge in [0.25, 0.3) is 0 Å². The minimum absolute atomic E-state index is 0.103. The number of benzene rings is 1. The number of hydrogen-bond donors (Lipinski definition) is 2. The van der Waals surface area contributed by atoms with Crippen molar-refractivity contribution in [1.82, 2.24) is 5.32 Å². The van der Waals surface area contributed by atoms with Crippen molar-refractivity contribution < 1.29 is 19.4 Å². The van der Waals surface area contributed by atoms with E-state index in [4.69, 9.17) is 0 Å². The van der Waals surface area contributed by atoms with Gasteiger partial charge in [0.2, 0.25) is 0 Å². The molecule has 0 saturated carbocycles. The number of methoxy groups -OCH3 is 1. The quantitative estimate of drug-likeness (QED) is 0.769. The van der Waals surface area contributed by atoms with Gasteiger partial charge >= 0.3 is 12.1 Å². The molecule has 102 valence electrons. The van der Waals surface area contributed by atoms with Crippen molar-refractivity contribution in [2.45, 2.75) is 18.4 Å². The molecule has 0 aliphatic carbocycles. The third kappa shape index (κ3) is 3.84. The average molecular weight is 263 g/mol. The van der Waals surface area contributed by atoms with E-state index in [1.165, 1.54) is 13.2 Å². The molecular formula is C14H17NO4. The van der Waals surface area contributed by atoms with Crippen LogP contribution in [0, 0.1) is 0 Å². The van der Waals surface area contributed by atoms with Crippen molar-refractivity contribution >= 4 is 12.1 Å². The standard InChI is InChI=1S/C14H17NO4/c1-3-9-14(12(16)17,15-13(18)19-2)10-11-7-5-4-6-8-11/h3-8H,1,9-10H2,2H3,(H,15,18)(H,16,17)/t14-/m0/s1. The van der Waals surface area contributed by atoms with Gasteiger partial charge < -0.3 is 15.2 Å². The Hall–Kier alpha value is -2.30. The van der Waals surface area contributed by atoms with Gasteiger partial charge in [-0.1, -0.05) is 36.4 Å². The minimum Gasteiger partial charge on any atom is -0.479 e. The van der Waals surface area contributed by atoms with E-state index >= 15 is 0 Å². The molecule has 5 nitrogen and oxygen atoms in total. The van der Waals surface area contributed by atoms with Crippen LogP contribution in [0.5, 0.6) is 0 Å². The summed E-state index contributed by atoms with van der Waals surface area (Å²) >= 11 is 0. The summed E-state index contributed by atoms with van der Waals surface area (Å²) < 4.78 is 4.49. The number of rotatable bonds is 6. The first-order chi connectivity index (χ1) is 9.04. The molecule has 1 aromatic carbocycles. The molecule has 5 heteroatoms. The number of carboxylic acid groups (broad SMARTS) is 1. The molecule has 1 aromatic rings. The molecule has 19 heavy (non-hydrogen) atoms. The van der Waals surface area contributed by atoms with Crippen LogP contribution in [0.2, 0.25) is 0 Å². The lowest BCUT2D eigenvalue weighted by Crippen LogP contribution is -2.55. The minimum atomic E-state index is -1.45. The first kappa shape index (κ1) is 14.8. The van der Waals surface area contributed by atoms with Gasteiger partial charge in [-0.25, -0.2) is 9.59 Å². The van der Waals surface area contributed by atoms with Gasteiger partial charge in [-0.15, -0.1) is 6.58 Å². The SMILES string of the molecule is C=CC[C@@](Cc1ccccc1)(NC(=O)OC)C(=O)O. The highest BCUT2D eigenvalue weighted by atomic mass is 16.5. The van der Waals surface area contributed by atoms with E-state index in [0.29, 0.717) is 0 Å². The topological polar surface area (TPSA) is 75.6 Å². The summed E-state index contributed by atoms with van der Waals surface area (Å²) in [5.74, 6) is -1.12. The zero-order valence-corrected chi connectivity index (χ0v) is 10.8. The van der Waals surface area contributed by atoms with Gasteiger partial charge in [0.05, 0.1) is 7.11 Å². The molecule has 0 fully saturated rings. The maximum atomic E-state index is 11.5. The fourth-order valence-electron chi connectivity index (χ4n) is 1.82. The van der Waals surface area contributed by atoms with Crippen LogP contribution in [0.1, 0.15) is 12.0 Å². The Morgan fingerprint density at radius 3 is 2.53 bits per heavy atom. The Morgan fingerprint density at radius 2 is 2.05 bits per heavy atom. The molecule has 1 atom stereocenters. The van der Waals surface area contributed by atoms with E-state index in [1.54, 1.807) is 12.1 Å². The molecule has 0 radical (unpaired) electrons. The monoisotopic (exact) mass is 263 g/mol. The fourth-order valence-corrected chi connectivity index (χ4v) is 1.82. The van der Waals surface area contributed by atoms with Crippen LogP contribution in [0.15, 0.2) is 43.0 Å². The second kappa shape index (κ2) is 6.58. The van der Waals surface area contributed by atoms with E-state index in [0.717, 1.165) is 5.56 Å². The van der Waals surface area contributed by atoms with Gasteiger partial charge in [-0.2, -0.15) is 0 Å². The molecule has 0 heterocycles. The lowest BCUT2D eigenvalue weighted by atomic mass is 9.87. The van der Waals surface area contributed by atoms with Gasteiger partial charge in [-0.05, 0) is 12.0 Å². The van der Waals surface area contributed by atoms with Crippen LogP contribution in [0.4, 0.5) is 4.79 Å². The molecule has 0 saturated heterocycles. The Bertz CT molecular complexity index is 458. The van der Waals surface area contributed by atoms with Crippen LogP contribution in [0.25, 0.3) is 0 Å². The van der Waals surface area contributed by atoms with Crippen molar-refractivity contribution in [3.63, 3.8) is 0 Å². The third-order valence-electron chi connectivity index (χ3n) is 2.78. The van der Waals surface area contributed by atoms with Gasteiger partial charge in [0.1, 0.15) is 5.54 Å². The van der Waals surface area contributed by atoms with E-state index in [9.17, 15) is 14.7 Å². The van der Waals surface area contributed by atoms with Crippen LogP contribution < -0.4 is 5.32 Å². The van der Waals surface area contributed by atoms with Crippen molar-refractivity contribution in [3.05, 3.63) is 48.6 Å². The number of carbonyl (C=O) groups excluding carboxylic acids is 1. The summed E-state index contributed by atoms with van der Waals surface area (Å²) in [6.07, 6.45) is 0.948. The Balaban J connectivity index is 3.05. The zero-order chi connectivity index (χ0) is 14.3. The lowest BCUT2D eigenvalue weighted by molar-refractivity contribution is -0.144. The van der Waals surface area contributed by atoms with E-state index in [2.05, 4.69) is 16.6 Å². The lowest BCUT2D eigenvalue weighted by Gasteiger charge is -2.29. The second-order valence-corrected chi connectivity index (χ2v) is 4.16. The zero-order valence-electron chi connectivity index (χ0n) is 10.8. The Morgan fingerprint density at radius 1 is 1.42 bits per heavy atom. The number of carbonyl (C=O) groups is 2. The van der Waals surface area contributed by atoms with Crippen molar-refractivity contribution in [2.75, 3.05) is 7.11 Å². The van der Waals surface area contributed by atoms with Crippen molar-refractivity contribution in [2.24, 2.45) is 0 Å². The van der Waals surface area contributed by atoms with Crippen LogP contribution >= 0.6 is 0 Å². The van der Waals surface area contributed by atoms with Gasteiger partial charge in [0.15, 0.2) is 0 Å². The Labute approximate surface area is 111 Å². The van der Waals surface area contributed by atoms with E-state index in [1.807, 2.05) is 18.2 Å². The number of alkyl carbamates (subject to hydrolysis) is 1. The highest BCUT2D eigenvalue weighted by molar-refractivity contribution is 5.85. The molecule has 0 aliphatic heterocycles. The van der Waals surface area contributed by atoms with Crippen molar-refractivity contribution in [1.29, 1.82) is 0 Å². The number of hydrogen-bond acceptors (Lipinski definition) is 3. The molecular weight excluding hydrogens is 246 g/mol. The van der Waals surface area contributed by atoms with Crippen LogP contribution in [-0.4, -0.2) is 29.8 Å². The number of aliphatic carboxylic acids is 1. The molecule has 0 spiro atoms. The predicted molar refractivity (Wildman–Crippen MR) is 70.9 cm³/mol. The average Bonchev–Trinajstić information content (AvgIpc) is 2.39. The largest absolute Gasteiger partial charge is 0.479 e. The third-order valence-corrected chi connectivity index (χ3v) is 2.78. The number of carboxylic acids is 1. The van der Waals surface area contributed by atoms with E-state index in [-0.39, 0.29) is 12.8 Å². The van der Waals surface area contributed by atoms with Gasteiger partial charge in [-0.3, -0.25) is 0 Å². The fraction of sp³-hybridized carbons (Fsp3) is 0.286. The first-order valence-electron chi connectivity index (χ1n) is 5.78. The molecule has 1 amide bonds. The molecule has 0 unspecified atom stereocenters. The van der Waals surface area contributed by atoms with E-state index < -0.39 is 17.6 Å². The molecule has 0 aliphatic rings. The second-order valence-electron chi connectivity index (χ2n) is 4.16. The number of amides is 1. The summed E-state index contributed by atoms with van der Waals surface area (Å²) in [6.45, 7) is 3.55. The smallest absolute Gasteiger partial charge is 0.407 e. The van der Waals surface area contributed by atoms with Crippen LogP contribution in [0.3, 0.4) is 0 Å². The highest BCUT2D eigenvalue weighted by Crippen LogP contribution is 2.19. The summed E-state index contributed by atoms with van der Waals surface area (Å²) in [5.41, 5.74) is -0.640. The number of nitrogens with one attached hydrogen (secondary N) is 1. The summed E-state index contributed by atoms with van der Waals surface area (Å²) in [6, 6.07) is 9.08. The van der Waals surface area contributed by atoms with Gasteiger partial charge in [0, 0.05) is 6.42 Å². The molecule has 2 N–H and O–H groups in total. The molecule has 0 aromatic heterocycles. The maximum absolute atomic E-state index is 11.5. The molecule has 0 bridgehead atoms. The van der Waals surface area contributed by atoms with Crippen molar-refractivity contribution in [3.8, 4) is 0 Å². The van der Waals surface area contributed by atoms with Crippen LogP contribution in [-0.2, 0) is 16.0 Å². The summed E-state index contributed by atoms with van der Waals surface area (Å²) in [7, 11) is 1.19. The normalized spacial score (nSPS) is 13.1. The Kier molecular flexibility index (Phi) is 5.11. The summed E-state index contributed by atoms with van der Waals surface area (Å²) in [5, 5.41) is 11.8.